The molecule has 1 aliphatic rings. The van der Waals surface area contributed by atoms with Crippen molar-refractivity contribution in [3.8, 4) is 6.07 Å². The van der Waals surface area contributed by atoms with Gasteiger partial charge in [0.25, 0.3) is 0 Å². The lowest BCUT2D eigenvalue weighted by Crippen LogP contribution is -2.48. The van der Waals surface area contributed by atoms with Crippen molar-refractivity contribution in [2.75, 3.05) is 0 Å². The zero-order chi connectivity index (χ0) is 16.6. The standard InChI is InChI=1S/C19H23N3O/c1-13-7-6-8-14(2)22(13)19(23)12-21-15(3)17(11-20)16-9-4-5-10-18(16)21/h4-5,9-10,13-14H,6-8,12H2,1-3H3. The van der Waals surface area contributed by atoms with Crippen LogP contribution in [-0.4, -0.2) is 27.5 Å². The van der Waals surface area contributed by atoms with Gasteiger partial charge < -0.3 is 9.47 Å². The van der Waals surface area contributed by atoms with Gasteiger partial charge in [0.05, 0.1) is 11.1 Å². The largest absolute Gasteiger partial charge is 0.336 e. The van der Waals surface area contributed by atoms with Crippen LogP contribution in [0.2, 0.25) is 0 Å². The molecule has 1 fully saturated rings. The van der Waals surface area contributed by atoms with Gasteiger partial charge in [-0.1, -0.05) is 18.2 Å². The number of piperidine rings is 1. The van der Waals surface area contributed by atoms with E-state index in [1.54, 1.807) is 0 Å². The van der Waals surface area contributed by atoms with Crippen LogP contribution in [0.3, 0.4) is 0 Å². The number of carbonyl (C=O) groups is 1. The molecular weight excluding hydrogens is 286 g/mol. The molecule has 1 aliphatic heterocycles. The van der Waals surface area contributed by atoms with Crippen LogP contribution in [0.5, 0.6) is 0 Å². The fraction of sp³-hybridized carbons (Fsp3) is 0.474. The van der Waals surface area contributed by atoms with E-state index < -0.39 is 0 Å². The maximum Gasteiger partial charge on any atom is 0.242 e. The molecule has 2 unspecified atom stereocenters. The minimum atomic E-state index is 0.151. The fourth-order valence-electron chi connectivity index (χ4n) is 3.91. The number of carbonyl (C=O) groups excluding carboxylic acids is 1. The van der Waals surface area contributed by atoms with Gasteiger partial charge in [-0.15, -0.1) is 0 Å². The number of hydrogen-bond donors (Lipinski definition) is 0. The van der Waals surface area contributed by atoms with Gasteiger partial charge in [-0.25, -0.2) is 0 Å². The van der Waals surface area contributed by atoms with Crippen LogP contribution in [0, 0.1) is 18.3 Å². The van der Waals surface area contributed by atoms with Gasteiger partial charge in [-0.05, 0) is 46.1 Å². The summed E-state index contributed by atoms with van der Waals surface area (Å²) in [6, 6.07) is 10.7. The first-order valence-electron chi connectivity index (χ1n) is 8.33. The van der Waals surface area contributed by atoms with Crippen LogP contribution in [-0.2, 0) is 11.3 Å². The highest BCUT2D eigenvalue weighted by Crippen LogP contribution is 2.27. The Balaban J connectivity index is 1.97. The van der Waals surface area contributed by atoms with Gasteiger partial charge in [0.2, 0.25) is 5.91 Å². The predicted octanol–water partition coefficient (Wildman–Crippen LogP) is 3.61. The summed E-state index contributed by atoms with van der Waals surface area (Å²) >= 11 is 0. The molecule has 0 bridgehead atoms. The fourth-order valence-corrected chi connectivity index (χ4v) is 3.91. The van der Waals surface area contributed by atoms with E-state index in [9.17, 15) is 10.1 Å². The predicted molar refractivity (Wildman–Crippen MR) is 91.0 cm³/mol. The molecule has 2 aromatic rings. The highest BCUT2D eigenvalue weighted by Gasteiger charge is 2.29. The number of fused-ring (bicyclic) bond motifs is 1. The van der Waals surface area contributed by atoms with Crippen LogP contribution in [0.1, 0.15) is 44.4 Å². The maximum atomic E-state index is 12.9. The smallest absolute Gasteiger partial charge is 0.242 e. The molecule has 1 saturated heterocycles. The number of aromatic nitrogens is 1. The van der Waals surface area contributed by atoms with Gasteiger partial charge in [0, 0.05) is 23.2 Å². The van der Waals surface area contributed by atoms with Crippen molar-refractivity contribution >= 4 is 16.8 Å². The molecule has 0 radical (unpaired) electrons. The van der Waals surface area contributed by atoms with Crippen molar-refractivity contribution in [2.24, 2.45) is 0 Å². The van der Waals surface area contributed by atoms with Gasteiger partial charge in [0.15, 0.2) is 0 Å². The van der Waals surface area contributed by atoms with E-state index >= 15 is 0 Å². The van der Waals surface area contributed by atoms with Crippen molar-refractivity contribution in [1.29, 1.82) is 5.26 Å². The number of para-hydroxylation sites is 1. The summed E-state index contributed by atoms with van der Waals surface area (Å²) in [6.45, 7) is 6.50. The molecule has 1 aromatic heterocycles. The first-order valence-corrected chi connectivity index (χ1v) is 8.33. The van der Waals surface area contributed by atoms with E-state index in [2.05, 4.69) is 19.9 Å². The highest BCUT2D eigenvalue weighted by molar-refractivity contribution is 5.89. The van der Waals surface area contributed by atoms with E-state index in [0.717, 1.165) is 29.4 Å². The third-order valence-electron chi connectivity index (χ3n) is 5.12. The molecule has 4 nitrogen and oxygen atoms in total. The van der Waals surface area contributed by atoms with Gasteiger partial charge in [-0.2, -0.15) is 5.26 Å². The molecule has 120 valence electrons. The quantitative estimate of drug-likeness (QED) is 0.851. The molecular formula is C19H23N3O. The van der Waals surface area contributed by atoms with Crippen LogP contribution < -0.4 is 0 Å². The molecule has 2 atom stereocenters. The van der Waals surface area contributed by atoms with Gasteiger partial charge >= 0.3 is 0 Å². The first kappa shape index (κ1) is 15.6. The third kappa shape index (κ3) is 2.61. The first-order chi connectivity index (χ1) is 11.0. The lowest BCUT2D eigenvalue weighted by atomic mass is 9.97. The Morgan fingerprint density at radius 2 is 1.91 bits per heavy atom. The highest BCUT2D eigenvalue weighted by atomic mass is 16.2. The molecule has 2 heterocycles. The third-order valence-corrected chi connectivity index (χ3v) is 5.12. The van der Waals surface area contributed by atoms with E-state index in [0.29, 0.717) is 24.2 Å². The van der Waals surface area contributed by atoms with Crippen LogP contribution >= 0.6 is 0 Å². The van der Waals surface area contributed by atoms with Crippen molar-refractivity contribution < 1.29 is 4.79 Å². The van der Waals surface area contributed by atoms with Crippen LogP contribution in [0.25, 0.3) is 10.9 Å². The van der Waals surface area contributed by atoms with E-state index in [-0.39, 0.29) is 5.91 Å². The van der Waals surface area contributed by atoms with Crippen molar-refractivity contribution in [3.05, 3.63) is 35.5 Å². The number of benzene rings is 1. The van der Waals surface area contributed by atoms with E-state index in [1.165, 1.54) is 6.42 Å². The molecule has 1 amide bonds. The van der Waals surface area contributed by atoms with E-state index in [1.807, 2.05) is 40.7 Å². The maximum absolute atomic E-state index is 12.9. The summed E-state index contributed by atoms with van der Waals surface area (Å²) in [5.74, 6) is 0.151. The van der Waals surface area contributed by atoms with E-state index in [4.69, 9.17) is 0 Å². The summed E-state index contributed by atoms with van der Waals surface area (Å²) < 4.78 is 1.99. The second-order valence-electron chi connectivity index (χ2n) is 6.61. The summed E-state index contributed by atoms with van der Waals surface area (Å²) in [7, 11) is 0. The number of nitriles is 1. The number of amides is 1. The lowest BCUT2D eigenvalue weighted by molar-refractivity contribution is -0.137. The second-order valence-corrected chi connectivity index (χ2v) is 6.61. The minimum absolute atomic E-state index is 0.151. The molecule has 3 rings (SSSR count). The van der Waals surface area contributed by atoms with Crippen molar-refractivity contribution in [2.45, 2.75) is 58.7 Å². The van der Waals surface area contributed by atoms with Gasteiger partial charge in [0.1, 0.15) is 12.6 Å². The molecule has 4 heteroatoms. The Kier molecular flexibility index (Phi) is 4.12. The average molecular weight is 309 g/mol. The van der Waals surface area contributed by atoms with Gasteiger partial charge in [-0.3, -0.25) is 4.79 Å². The summed E-state index contributed by atoms with van der Waals surface area (Å²) in [5, 5.41) is 10.4. The Morgan fingerprint density at radius 1 is 1.26 bits per heavy atom. The topological polar surface area (TPSA) is 49.0 Å². The Bertz CT molecular complexity index is 774. The molecule has 1 aromatic carbocycles. The zero-order valence-electron chi connectivity index (χ0n) is 14.0. The molecule has 0 saturated carbocycles. The number of likely N-dealkylation sites (tertiary alicyclic amines) is 1. The monoisotopic (exact) mass is 309 g/mol. The Morgan fingerprint density at radius 3 is 2.57 bits per heavy atom. The average Bonchev–Trinajstić information content (AvgIpc) is 2.79. The van der Waals surface area contributed by atoms with Crippen molar-refractivity contribution in [3.63, 3.8) is 0 Å². The number of rotatable bonds is 2. The molecule has 0 spiro atoms. The Hall–Kier alpha value is -2.28. The van der Waals surface area contributed by atoms with Crippen LogP contribution in [0.15, 0.2) is 24.3 Å². The summed E-state index contributed by atoms with van der Waals surface area (Å²) in [5.41, 5.74) is 2.51. The second kappa shape index (κ2) is 6.08. The number of hydrogen-bond acceptors (Lipinski definition) is 2. The zero-order valence-corrected chi connectivity index (χ0v) is 14.0. The Labute approximate surface area is 137 Å². The SMILES string of the molecule is Cc1c(C#N)c2ccccc2n1CC(=O)N1C(C)CCCC1C. The molecule has 0 aliphatic carbocycles. The summed E-state index contributed by atoms with van der Waals surface area (Å²) in [6.07, 6.45) is 3.34. The normalized spacial score (nSPS) is 21.4. The van der Waals surface area contributed by atoms with Crippen molar-refractivity contribution in [1.82, 2.24) is 9.47 Å². The van der Waals surface area contributed by atoms with Crippen LogP contribution in [0.4, 0.5) is 0 Å². The number of nitrogens with zero attached hydrogens (tertiary/aromatic N) is 3. The molecule has 0 N–H and O–H groups in total. The summed E-state index contributed by atoms with van der Waals surface area (Å²) in [4.78, 5) is 14.9. The molecule has 23 heavy (non-hydrogen) atoms. The lowest BCUT2D eigenvalue weighted by Gasteiger charge is -2.39. The minimum Gasteiger partial charge on any atom is -0.336 e.